The number of aromatic nitrogens is 2. The highest BCUT2D eigenvalue weighted by Gasteiger charge is 2.10. The summed E-state index contributed by atoms with van der Waals surface area (Å²) in [4.78, 5) is 20.3. The summed E-state index contributed by atoms with van der Waals surface area (Å²) >= 11 is 0. The van der Waals surface area contributed by atoms with E-state index in [0.717, 1.165) is 24.9 Å². The second-order valence-corrected chi connectivity index (χ2v) is 5.33. The molecule has 0 radical (unpaired) electrons. The van der Waals surface area contributed by atoms with Crippen LogP contribution in [-0.4, -0.2) is 22.4 Å². The number of anilines is 2. The molecule has 0 aliphatic heterocycles. The SMILES string of the molecule is CCCNC(=O)c1cc(Nc2c(CC)cccc2CC)ncn1. The Morgan fingerprint density at radius 3 is 2.39 bits per heavy atom. The number of aryl methyl sites for hydroxylation is 2. The fourth-order valence-corrected chi connectivity index (χ4v) is 2.41. The predicted octanol–water partition coefficient (Wildman–Crippen LogP) is 3.48. The lowest BCUT2D eigenvalue weighted by Crippen LogP contribution is -2.25. The maximum Gasteiger partial charge on any atom is 0.270 e. The van der Waals surface area contributed by atoms with Crippen LogP contribution in [0.25, 0.3) is 0 Å². The summed E-state index contributed by atoms with van der Waals surface area (Å²) in [7, 11) is 0. The van der Waals surface area contributed by atoms with Gasteiger partial charge in [0.1, 0.15) is 17.8 Å². The van der Waals surface area contributed by atoms with Crippen LogP contribution >= 0.6 is 0 Å². The molecule has 0 bridgehead atoms. The summed E-state index contributed by atoms with van der Waals surface area (Å²) < 4.78 is 0. The minimum atomic E-state index is -0.170. The van der Waals surface area contributed by atoms with Crippen LogP contribution < -0.4 is 10.6 Å². The van der Waals surface area contributed by atoms with Gasteiger partial charge in [-0.15, -0.1) is 0 Å². The summed E-state index contributed by atoms with van der Waals surface area (Å²) in [5.74, 6) is 0.467. The molecule has 0 saturated carbocycles. The third-order valence-electron chi connectivity index (χ3n) is 3.69. The largest absolute Gasteiger partial charge is 0.351 e. The molecule has 0 unspecified atom stereocenters. The van der Waals surface area contributed by atoms with E-state index >= 15 is 0 Å². The summed E-state index contributed by atoms with van der Waals surface area (Å²) in [6, 6.07) is 7.98. The third-order valence-corrected chi connectivity index (χ3v) is 3.69. The molecule has 0 fully saturated rings. The molecule has 122 valence electrons. The van der Waals surface area contributed by atoms with Crippen molar-refractivity contribution in [2.45, 2.75) is 40.0 Å². The van der Waals surface area contributed by atoms with Gasteiger partial charge in [0, 0.05) is 18.3 Å². The van der Waals surface area contributed by atoms with Gasteiger partial charge in [-0.2, -0.15) is 0 Å². The molecule has 1 heterocycles. The number of nitrogens with one attached hydrogen (secondary N) is 2. The van der Waals surface area contributed by atoms with Crippen LogP contribution in [0.3, 0.4) is 0 Å². The summed E-state index contributed by atoms with van der Waals surface area (Å²) in [5.41, 5.74) is 3.93. The Morgan fingerprint density at radius 2 is 1.78 bits per heavy atom. The zero-order chi connectivity index (χ0) is 16.7. The minimum Gasteiger partial charge on any atom is -0.351 e. The molecular weight excluding hydrogens is 288 g/mol. The number of rotatable bonds is 7. The zero-order valence-electron chi connectivity index (χ0n) is 14.0. The molecule has 0 aliphatic carbocycles. The maximum absolute atomic E-state index is 12.0. The molecule has 2 rings (SSSR count). The first-order valence-corrected chi connectivity index (χ1v) is 8.17. The monoisotopic (exact) mass is 312 g/mol. The lowest BCUT2D eigenvalue weighted by Gasteiger charge is -2.15. The summed E-state index contributed by atoms with van der Waals surface area (Å²) in [6.45, 7) is 6.92. The number of carbonyl (C=O) groups excluding carboxylic acids is 1. The number of hydrogen-bond acceptors (Lipinski definition) is 4. The summed E-state index contributed by atoms with van der Waals surface area (Å²) in [5, 5.41) is 6.19. The van der Waals surface area contributed by atoms with Gasteiger partial charge in [0.25, 0.3) is 5.91 Å². The Morgan fingerprint density at radius 1 is 1.09 bits per heavy atom. The highest BCUT2D eigenvalue weighted by atomic mass is 16.1. The standard InChI is InChI=1S/C18H24N4O/c1-4-10-19-18(23)15-11-16(21-12-20-15)22-17-13(5-2)8-7-9-14(17)6-3/h7-9,11-12H,4-6,10H2,1-3H3,(H,19,23)(H,20,21,22). The normalized spacial score (nSPS) is 10.4. The van der Waals surface area contributed by atoms with Crippen LogP contribution in [0.2, 0.25) is 0 Å². The Hall–Kier alpha value is -2.43. The van der Waals surface area contributed by atoms with Crippen LogP contribution in [0.1, 0.15) is 48.8 Å². The number of benzene rings is 1. The molecule has 2 N–H and O–H groups in total. The van der Waals surface area contributed by atoms with E-state index in [-0.39, 0.29) is 5.91 Å². The van der Waals surface area contributed by atoms with Gasteiger partial charge in [0.15, 0.2) is 0 Å². The van der Waals surface area contributed by atoms with Crippen LogP contribution in [0.4, 0.5) is 11.5 Å². The molecule has 5 nitrogen and oxygen atoms in total. The first-order valence-electron chi connectivity index (χ1n) is 8.17. The van der Waals surface area contributed by atoms with E-state index in [4.69, 9.17) is 0 Å². The fourth-order valence-electron chi connectivity index (χ4n) is 2.41. The van der Waals surface area contributed by atoms with Gasteiger partial charge in [-0.3, -0.25) is 4.79 Å². The minimum absolute atomic E-state index is 0.170. The fraction of sp³-hybridized carbons (Fsp3) is 0.389. The van der Waals surface area contributed by atoms with Crippen molar-refractivity contribution >= 4 is 17.4 Å². The number of hydrogen-bond donors (Lipinski definition) is 2. The van der Waals surface area contributed by atoms with Crippen LogP contribution in [-0.2, 0) is 12.8 Å². The van der Waals surface area contributed by atoms with Gasteiger partial charge in [-0.1, -0.05) is 39.0 Å². The number of nitrogens with zero attached hydrogens (tertiary/aromatic N) is 2. The molecule has 5 heteroatoms. The lowest BCUT2D eigenvalue weighted by atomic mass is 10.0. The van der Waals surface area contributed by atoms with E-state index in [1.165, 1.54) is 17.5 Å². The zero-order valence-corrected chi connectivity index (χ0v) is 14.0. The molecule has 23 heavy (non-hydrogen) atoms. The lowest BCUT2D eigenvalue weighted by molar-refractivity contribution is 0.0948. The van der Waals surface area contributed by atoms with Crippen molar-refractivity contribution in [1.82, 2.24) is 15.3 Å². The smallest absolute Gasteiger partial charge is 0.270 e. The van der Waals surface area contributed by atoms with Crippen molar-refractivity contribution < 1.29 is 4.79 Å². The van der Waals surface area contributed by atoms with E-state index in [1.54, 1.807) is 6.07 Å². The van der Waals surface area contributed by atoms with Crippen molar-refractivity contribution in [1.29, 1.82) is 0 Å². The van der Waals surface area contributed by atoms with Gasteiger partial charge in [0.05, 0.1) is 0 Å². The average Bonchev–Trinajstić information content (AvgIpc) is 2.60. The molecule has 1 amide bonds. The molecule has 0 spiro atoms. The Bertz CT molecular complexity index is 648. The second-order valence-electron chi connectivity index (χ2n) is 5.33. The van der Waals surface area contributed by atoms with Crippen molar-refractivity contribution in [2.75, 3.05) is 11.9 Å². The molecule has 0 saturated heterocycles. The predicted molar refractivity (Wildman–Crippen MR) is 93.1 cm³/mol. The van der Waals surface area contributed by atoms with Crippen molar-refractivity contribution in [3.63, 3.8) is 0 Å². The van der Waals surface area contributed by atoms with Crippen LogP contribution in [0, 0.1) is 0 Å². The Kier molecular flexibility index (Phi) is 6.09. The maximum atomic E-state index is 12.0. The van der Waals surface area contributed by atoms with Crippen LogP contribution in [0.15, 0.2) is 30.6 Å². The second kappa shape index (κ2) is 8.27. The first kappa shape index (κ1) is 16.9. The van der Waals surface area contributed by atoms with Gasteiger partial charge in [-0.05, 0) is 30.4 Å². The van der Waals surface area contributed by atoms with E-state index in [2.05, 4.69) is 52.6 Å². The number of para-hydroxylation sites is 1. The quantitative estimate of drug-likeness (QED) is 0.821. The van der Waals surface area contributed by atoms with Gasteiger partial charge in [0.2, 0.25) is 0 Å². The summed E-state index contributed by atoms with van der Waals surface area (Å²) in [6.07, 6.45) is 4.19. The van der Waals surface area contributed by atoms with E-state index in [9.17, 15) is 4.79 Å². The highest BCUT2D eigenvalue weighted by molar-refractivity contribution is 5.93. The molecule has 0 aliphatic rings. The number of amides is 1. The molecular formula is C18H24N4O. The molecule has 0 atom stereocenters. The number of carbonyl (C=O) groups is 1. The molecule has 2 aromatic rings. The van der Waals surface area contributed by atoms with E-state index in [1.807, 2.05) is 6.92 Å². The van der Waals surface area contributed by atoms with Crippen molar-refractivity contribution in [3.05, 3.63) is 47.4 Å². The van der Waals surface area contributed by atoms with Crippen LogP contribution in [0.5, 0.6) is 0 Å². The topological polar surface area (TPSA) is 66.9 Å². The van der Waals surface area contributed by atoms with Gasteiger partial charge < -0.3 is 10.6 Å². The van der Waals surface area contributed by atoms with Crippen molar-refractivity contribution in [3.8, 4) is 0 Å². The van der Waals surface area contributed by atoms with Gasteiger partial charge in [-0.25, -0.2) is 9.97 Å². The Labute approximate surface area is 137 Å². The molecule has 1 aromatic heterocycles. The Balaban J connectivity index is 2.26. The molecule has 1 aromatic carbocycles. The first-order chi connectivity index (χ1) is 11.2. The van der Waals surface area contributed by atoms with E-state index in [0.29, 0.717) is 18.1 Å². The highest BCUT2D eigenvalue weighted by Crippen LogP contribution is 2.25. The van der Waals surface area contributed by atoms with E-state index < -0.39 is 0 Å². The average molecular weight is 312 g/mol. The third kappa shape index (κ3) is 4.28. The van der Waals surface area contributed by atoms with Crippen molar-refractivity contribution in [2.24, 2.45) is 0 Å². The van der Waals surface area contributed by atoms with Gasteiger partial charge >= 0.3 is 0 Å².